The van der Waals surface area contributed by atoms with Gasteiger partial charge in [0.2, 0.25) is 0 Å². The molecule has 0 spiro atoms. The third-order valence-corrected chi connectivity index (χ3v) is 6.45. The topological polar surface area (TPSA) is 18.5 Å². The van der Waals surface area contributed by atoms with Gasteiger partial charge in [-0.25, -0.2) is 0 Å². The van der Waals surface area contributed by atoms with Crippen molar-refractivity contribution >= 4 is 0 Å². The Morgan fingerprint density at radius 2 is 1.76 bits per heavy atom. The summed E-state index contributed by atoms with van der Waals surface area (Å²) in [6, 6.07) is 0. The van der Waals surface area contributed by atoms with Crippen molar-refractivity contribution in [2.45, 2.75) is 89.8 Å². The zero-order chi connectivity index (χ0) is 15.5. The van der Waals surface area contributed by atoms with E-state index in [2.05, 4.69) is 20.8 Å². The zero-order valence-corrected chi connectivity index (χ0v) is 14.9. The van der Waals surface area contributed by atoms with E-state index in [0.29, 0.717) is 0 Å². The van der Waals surface area contributed by atoms with Crippen LogP contribution < -0.4 is 0 Å². The van der Waals surface area contributed by atoms with Gasteiger partial charge in [-0.3, -0.25) is 0 Å². The van der Waals surface area contributed by atoms with Gasteiger partial charge in [0.05, 0.1) is 11.2 Å². The molecule has 2 saturated carbocycles. The molecule has 0 aromatic heterocycles. The monoisotopic (exact) mass is 296 g/mol. The van der Waals surface area contributed by atoms with Crippen molar-refractivity contribution in [3.05, 3.63) is 0 Å². The smallest absolute Gasteiger partial charge is 0.0684 e. The minimum absolute atomic E-state index is 0.108. The van der Waals surface area contributed by atoms with Crippen molar-refractivity contribution in [2.75, 3.05) is 14.2 Å². The first-order valence-electron chi connectivity index (χ1n) is 9.02. The molecule has 0 aliphatic heterocycles. The molecule has 2 fully saturated rings. The summed E-state index contributed by atoms with van der Waals surface area (Å²) in [7, 11) is 3.82. The first-order valence-corrected chi connectivity index (χ1v) is 9.02. The molecule has 0 radical (unpaired) electrons. The molecule has 2 aliphatic rings. The van der Waals surface area contributed by atoms with Gasteiger partial charge in [0.15, 0.2) is 0 Å². The third kappa shape index (κ3) is 4.22. The Kier molecular flexibility index (Phi) is 5.76. The molecule has 3 unspecified atom stereocenters. The van der Waals surface area contributed by atoms with Crippen LogP contribution in [-0.4, -0.2) is 25.4 Å². The molecule has 124 valence electrons. The number of rotatable bonds is 5. The van der Waals surface area contributed by atoms with Crippen molar-refractivity contribution in [1.82, 2.24) is 0 Å². The maximum Gasteiger partial charge on any atom is 0.0684 e. The lowest BCUT2D eigenvalue weighted by atomic mass is 9.68. The predicted molar refractivity (Wildman–Crippen MR) is 88.5 cm³/mol. The van der Waals surface area contributed by atoms with Crippen molar-refractivity contribution < 1.29 is 9.47 Å². The summed E-state index contributed by atoms with van der Waals surface area (Å²) in [6.07, 6.45) is 11.6. The maximum atomic E-state index is 6.06. The van der Waals surface area contributed by atoms with Crippen molar-refractivity contribution in [1.29, 1.82) is 0 Å². The van der Waals surface area contributed by atoms with Gasteiger partial charge in [-0.05, 0) is 63.2 Å². The number of hydrogen-bond acceptors (Lipinski definition) is 2. The Labute approximate surface area is 132 Å². The number of hydrogen-bond donors (Lipinski definition) is 0. The van der Waals surface area contributed by atoms with Crippen molar-refractivity contribution in [3.63, 3.8) is 0 Å². The van der Waals surface area contributed by atoms with Gasteiger partial charge in [-0.2, -0.15) is 0 Å². The summed E-state index contributed by atoms with van der Waals surface area (Å²) < 4.78 is 11.8. The lowest BCUT2D eigenvalue weighted by Crippen LogP contribution is -2.42. The molecule has 0 heterocycles. The molecule has 0 aromatic carbocycles. The van der Waals surface area contributed by atoms with E-state index < -0.39 is 0 Å². The number of methoxy groups -OCH3 is 2. The van der Waals surface area contributed by atoms with Crippen LogP contribution in [0.3, 0.4) is 0 Å². The summed E-state index contributed by atoms with van der Waals surface area (Å²) in [5.41, 5.74) is 0.259. The zero-order valence-electron chi connectivity index (χ0n) is 14.9. The van der Waals surface area contributed by atoms with E-state index >= 15 is 0 Å². The maximum absolute atomic E-state index is 6.06. The molecular weight excluding hydrogens is 260 g/mol. The molecule has 5 atom stereocenters. The van der Waals surface area contributed by atoms with Crippen LogP contribution in [0.4, 0.5) is 0 Å². The fourth-order valence-electron chi connectivity index (χ4n) is 4.99. The minimum atomic E-state index is 0.108. The first kappa shape index (κ1) is 17.3. The van der Waals surface area contributed by atoms with Gasteiger partial charge in [0, 0.05) is 14.2 Å². The summed E-state index contributed by atoms with van der Waals surface area (Å²) in [4.78, 5) is 0. The van der Waals surface area contributed by atoms with Gasteiger partial charge < -0.3 is 9.47 Å². The van der Waals surface area contributed by atoms with Gasteiger partial charge in [-0.15, -0.1) is 0 Å². The van der Waals surface area contributed by atoms with Crippen LogP contribution in [0.1, 0.15) is 78.6 Å². The Bertz CT molecular complexity index is 330. The van der Waals surface area contributed by atoms with Gasteiger partial charge in [0.25, 0.3) is 0 Å². The highest BCUT2D eigenvalue weighted by Crippen LogP contribution is 2.44. The van der Waals surface area contributed by atoms with Crippen LogP contribution in [0.2, 0.25) is 0 Å². The predicted octanol–water partition coefficient (Wildman–Crippen LogP) is 5.20. The Morgan fingerprint density at radius 3 is 2.38 bits per heavy atom. The fraction of sp³-hybridized carbons (Fsp3) is 1.00. The molecule has 21 heavy (non-hydrogen) atoms. The van der Waals surface area contributed by atoms with E-state index in [1.165, 1.54) is 57.8 Å². The molecule has 0 N–H and O–H groups in total. The SMILES string of the molecule is COC1(CC(C)[C@@H]2CCC[C@@](C)(OC)C2)CCCC(C)C1. The standard InChI is InChI=1S/C19H36O2/c1-15-8-6-11-19(12-15,21-5)13-16(2)17-9-7-10-18(3,14-17)20-4/h15-17H,6-14H2,1-5H3/t15?,16?,17-,18-,19?/m1/s1. The van der Waals surface area contributed by atoms with Crippen molar-refractivity contribution in [3.8, 4) is 0 Å². The van der Waals surface area contributed by atoms with E-state index in [-0.39, 0.29) is 11.2 Å². The highest BCUT2D eigenvalue weighted by atomic mass is 16.5. The second kappa shape index (κ2) is 7.00. The second-order valence-corrected chi connectivity index (χ2v) is 8.28. The minimum Gasteiger partial charge on any atom is -0.379 e. The molecule has 2 aliphatic carbocycles. The normalized spacial score (nSPS) is 42.7. The van der Waals surface area contributed by atoms with Gasteiger partial charge in [-0.1, -0.05) is 33.1 Å². The highest BCUT2D eigenvalue weighted by Gasteiger charge is 2.40. The van der Waals surface area contributed by atoms with Crippen molar-refractivity contribution in [2.24, 2.45) is 17.8 Å². The summed E-state index contributed by atoms with van der Waals surface area (Å²) >= 11 is 0. The Hall–Kier alpha value is -0.0800. The quantitative estimate of drug-likeness (QED) is 0.694. The third-order valence-electron chi connectivity index (χ3n) is 6.45. The summed E-state index contributed by atoms with van der Waals surface area (Å²) in [5.74, 6) is 2.36. The van der Waals surface area contributed by atoms with Gasteiger partial charge in [0.1, 0.15) is 0 Å². The largest absolute Gasteiger partial charge is 0.379 e. The lowest BCUT2D eigenvalue weighted by Gasteiger charge is -2.44. The molecular formula is C19H36O2. The van der Waals surface area contributed by atoms with Crippen LogP contribution in [0.25, 0.3) is 0 Å². The average Bonchev–Trinajstić information content (AvgIpc) is 2.47. The Morgan fingerprint density at radius 1 is 1.05 bits per heavy atom. The number of ether oxygens (including phenoxy) is 2. The molecule has 2 heteroatoms. The Balaban J connectivity index is 1.97. The van der Waals surface area contributed by atoms with Crippen LogP contribution >= 0.6 is 0 Å². The van der Waals surface area contributed by atoms with E-state index in [1.54, 1.807) is 0 Å². The lowest BCUT2D eigenvalue weighted by molar-refractivity contribution is -0.0858. The highest BCUT2D eigenvalue weighted by molar-refractivity contribution is 4.92. The van der Waals surface area contributed by atoms with E-state index in [9.17, 15) is 0 Å². The van der Waals surface area contributed by atoms with E-state index in [1.807, 2.05) is 14.2 Å². The molecule has 2 nitrogen and oxygen atoms in total. The molecule has 2 rings (SSSR count). The van der Waals surface area contributed by atoms with Gasteiger partial charge >= 0.3 is 0 Å². The molecule has 0 saturated heterocycles. The first-order chi connectivity index (χ1) is 9.92. The molecule has 0 aromatic rings. The fourth-order valence-corrected chi connectivity index (χ4v) is 4.99. The second-order valence-electron chi connectivity index (χ2n) is 8.28. The molecule has 0 amide bonds. The van der Waals surface area contributed by atoms with E-state index in [0.717, 1.165) is 17.8 Å². The van der Waals surface area contributed by atoms with Crippen LogP contribution in [0.5, 0.6) is 0 Å². The average molecular weight is 296 g/mol. The molecule has 0 bridgehead atoms. The van der Waals surface area contributed by atoms with E-state index in [4.69, 9.17) is 9.47 Å². The van der Waals surface area contributed by atoms with Crippen LogP contribution in [0.15, 0.2) is 0 Å². The summed E-state index contributed by atoms with van der Waals surface area (Å²) in [5, 5.41) is 0. The van der Waals surface area contributed by atoms with Crippen LogP contribution in [0, 0.1) is 17.8 Å². The van der Waals surface area contributed by atoms with Crippen LogP contribution in [-0.2, 0) is 9.47 Å². The summed E-state index contributed by atoms with van der Waals surface area (Å²) in [6.45, 7) is 7.13.